The molecule has 2 fully saturated rings. The number of likely N-dealkylation sites (tertiary alicyclic amines) is 1. The van der Waals surface area contributed by atoms with Gasteiger partial charge in [0, 0.05) is 25.5 Å². The van der Waals surface area contributed by atoms with Crippen LogP contribution in [-0.2, 0) is 0 Å². The Kier molecular flexibility index (Phi) is 4.22. The molecule has 1 amide bonds. The number of fused-ring (bicyclic) bond motifs is 2. The lowest BCUT2D eigenvalue weighted by Gasteiger charge is -2.31. The summed E-state index contributed by atoms with van der Waals surface area (Å²) >= 11 is 0. The number of hydrogen-bond acceptors (Lipinski definition) is 4. The summed E-state index contributed by atoms with van der Waals surface area (Å²) in [4.78, 5) is 22.8. The highest BCUT2D eigenvalue weighted by atomic mass is 19.4. The van der Waals surface area contributed by atoms with E-state index in [1.54, 1.807) is 35.5 Å². The van der Waals surface area contributed by atoms with Crippen LogP contribution in [0.25, 0.3) is 5.78 Å². The molecular formula is C20H20F3N5O. The lowest BCUT2D eigenvalue weighted by Crippen LogP contribution is -2.34. The van der Waals surface area contributed by atoms with Crippen LogP contribution in [0.4, 0.5) is 13.2 Å². The van der Waals surface area contributed by atoms with Crippen molar-refractivity contribution in [1.82, 2.24) is 24.5 Å². The van der Waals surface area contributed by atoms with E-state index in [-0.39, 0.29) is 29.5 Å². The summed E-state index contributed by atoms with van der Waals surface area (Å²) in [5, 5.41) is 4.19. The summed E-state index contributed by atoms with van der Waals surface area (Å²) in [6.07, 6.45) is 6.66. The van der Waals surface area contributed by atoms with Crippen molar-refractivity contribution in [2.24, 2.45) is 29.6 Å². The van der Waals surface area contributed by atoms with E-state index in [2.05, 4.69) is 15.1 Å². The van der Waals surface area contributed by atoms with Crippen LogP contribution >= 0.6 is 0 Å². The molecule has 3 heterocycles. The monoisotopic (exact) mass is 403 g/mol. The predicted molar refractivity (Wildman–Crippen MR) is 97.7 cm³/mol. The quantitative estimate of drug-likeness (QED) is 0.773. The standard InChI is InChI=1S/C20H20F3N5O/c21-20(22,23)16-5-2-1-4-15(16)12-8-13-10-27(11-14(13)9-12)18(29)17-25-19-24-6-3-7-28(19)26-17/h1-7,12-16H,8-11H2/t12-,13-,14+,15?,16?. The molecule has 1 aliphatic heterocycles. The normalized spacial score (nSPS) is 31.6. The van der Waals surface area contributed by atoms with Crippen LogP contribution in [0.1, 0.15) is 23.5 Å². The molecule has 9 heteroatoms. The van der Waals surface area contributed by atoms with Crippen LogP contribution in [0, 0.1) is 29.6 Å². The second kappa shape index (κ2) is 6.67. The average Bonchev–Trinajstić information content (AvgIpc) is 3.39. The first-order valence-corrected chi connectivity index (χ1v) is 9.78. The number of hydrogen-bond donors (Lipinski definition) is 0. The Morgan fingerprint density at radius 1 is 1.07 bits per heavy atom. The molecule has 5 rings (SSSR count). The number of alkyl halides is 3. The van der Waals surface area contributed by atoms with Crippen LogP contribution < -0.4 is 0 Å². The van der Waals surface area contributed by atoms with Crippen molar-refractivity contribution in [3.8, 4) is 0 Å². The van der Waals surface area contributed by atoms with Gasteiger partial charge in [0.25, 0.3) is 11.7 Å². The van der Waals surface area contributed by atoms with Gasteiger partial charge < -0.3 is 4.90 Å². The maximum Gasteiger partial charge on any atom is 0.395 e. The van der Waals surface area contributed by atoms with Crippen LogP contribution in [-0.4, -0.2) is 49.7 Å². The molecule has 0 radical (unpaired) electrons. The van der Waals surface area contributed by atoms with Gasteiger partial charge in [0.2, 0.25) is 5.82 Å². The smallest absolute Gasteiger partial charge is 0.335 e. The van der Waals surface area contributed by atoms with Crippen molar-refractivity contribution in [3.05, 3.63) is 48.6 Å². The van der Waals surface area contributed by atoms with Crippen molar-refractivity contribution in [1.29, 1.82) is 0 Å². The average molecular weight is 403 g/mol. The molecule has 2 aromatic rings. The van der Waals surface area contributed by atoms with E-state index in [0.717, 1.165) is 0 Å². The molecule has 5 atom stereocenters. The highest BCUT2D eigenvalue weighted by Crippen LogP contribution is 2.50. The highest BCUT2D eigenvalue weighted by molar-refractivity contribution is 5.91. The van der Waals surface area contributed by atoms with E-state index in [4.69, 9.17) is 0 Å². The van der Waals surface area contributed by atoms with Gasteiger partial charge in [-0.3, -0.25) is 4.79 Å². The van der Waals surface area contributed by atoms with Gasteiger partial charge in [-0.1, -0.05) is 24.3 Å². The summed E-state index contributed by atoms with van der Waals surface area (Å²) in [6, 6.07) is 1.71. The lowest BCUT2D eigenvalue weighted by atomic mass is 9.77. The third-order valence-corrected chi connectivity index (χ3v) is 6.48. The molecular weight excluding hydrogens is 383 g/mol. The molecule has 29 heavy (non-hydrogen) atoms. The minimum absolute atomic E-state index is 0.00686. The fourth-order valence-electron chi connectivity index (χ4n) is 5.19. The minimum atomic E-state index is -4.23. The molecule has 0 N–H and O–H groups in total. The lowest BCUT2D eigenvalue weighted by molar-refractivity contribution is -0.174. The van der Waals surface area contributed by atoms with Gasteiger partial charge in [-0.15, -0.1) is 5.10 Å². The molecule has 152 valence electrons. The number of carbonyl (C=O) groups is 1. The third-order valence-electron chi connectivity index (χ3n) is 6.48. The number of halogens is 3. The van der Waals surface area contributed by atoms with E-state index >= 15 is 0 Å². The van der Waals surface area contributed by atoms with E-state index in [1.807, 2.05) is 0 Å². The SMILES string of the molecule is O=C(c1nc2ncccn2n1)N1C[C@H]2C[C@@H](C3C=CC=CC3C(F)(F)F)C[C@H]2C1. The van der Waals surface area contributed by atoms with Crippen LogP contribution in [0.5, 0.6) is 0 Å². The summed E-state index contributed by atoms with van der Waals surface area (Å²) < 4.78 is 41.7. The fraction of sp³-hybridized carbons (Fsp3) is 0.500. The van der Waals surface area contributed by atoms with Crippen LogP contribution in [0.3, 0.4) is 0 Å². The predicted octanol–water partition coefficient (Wildman–Crippen LogP) is 3.14. The van der Waals surface area contributed by atoms with E-state index in [0.29, 0.717) is 31.7 Å². The largest absolute Gasteiger partial charge is 0.395 e. The second-order valence-electron chi connectivity index (χ2n) is 8.18. The molecule has 0 spiro atoms. The maximum atomic E-state index is 13.4. The van der Waals surface area contributed by atoms with Crippen molar-refractivity contribution >= 4 is 11.7 Å². The first kappa shape index (κ1) is 18.3. The number of carbonyl (C=O) groups excluding carboxylic acids is 1. The van der Waals surface area contributed by atoms with Crippen molar-refractivity contribution in [2.75, 3.05) is 13.1 Å². The molecule has 2 aliphatic carbocycles. The van der Waals surface area contributed by atoms with E-state index < -0.39 is 18.0 Å². The van der Waals surface area contributed by atoms with Crippen LogP contribution in [0.2, 0.25) is 0 Å². The summed E-state index contributed by atoms with van der Waals surface area (Å²) in [6.45, 7) is 1.10. The van der Waals surface area contributed by atoms with Gasteiger partial charge in [0.15, 0.2) is 0 Å². The molecule has 3 aliphatic rings. The first-order valence-electron chi connectivity index (χ1n) is 9.78. The molecule has 0 aromatic carbocycles. The Balaban J connectivity index is 1.27. The minimum Gasteiger partial charge on any atom is -0.335 e. The van der Waals surface area contributed by atoms with Gasteiger partial charge in [0.05, 0.1) is 5.92 Å². The van der Waals surface area contributed by atoms with Crippen molar-refractivity contribution in [2.45, 2.75) is 19.0 Å². The molecule has 1 saturated carbocycles. The Hall–Kier alpha value is -2.71. The second-order valence-corrected chi connectivity index (χ2v) is 8.18. The van der Waals surface area contributed by atoms with E-state index in [9.17, 15) is 18.0 Å². The number of rotatable bonds is 2. The van der Waals surface area contributed by atoms with Crippen molar-refractivity contribution in [3.63, 3.8) is 0 Å². The maximum absolute atomic E-state index is 13.4. The van der Waals surface area contributed by atoms with E-state index in [1.165, 1.54) is 16.7 Å². The molecule has 2 unspecified atom stereocenters. The zero-order valence-electron chi connectivity index (χ0n) is 15.5. The Bertz CT molecular complexity index is 950. The zero-order chi connectivity index (χ0) is 20.2. The zero-order valence-corrected chi connectivity index (χ0v) is 15.5. The summed E-state index contributed by atoms with van der Waals surface area (Å²) in [7, 11) is 0. The Morgan fingerprint density at radius 3 is 2.48 bits per heavy atom. The van der Waals surface area contributed by atoms with Gasteiger partial charge in [0.1, 0.15) is 0 Å². The Morgan fingerprint density at radius 2 is 1.79 bits per heavy atom. The fourth-order valence-corrected chi connectivity index (χ4v) is 5.19. The van der Waals surface area contributed by atoms with Crippen molar-refractivity contribution < 1.29 is 18.0 Å². The topological polar surface area (TPSA) is 63.4 Å². The van der Waals surface area contributed by atoms with Gasteiger partial charge in [-0.25, -0.2) is 9.50 Å². The highest BCUT2D eigenvalue weighted by Gasteiger charge is 2.50. The number of allylic oxidation sites excluding steroid dienone is 4. The summed E-state index contributed by atoms with van der Waals surface area (Å²) in [5.74, 6) is -1.24. The van der Waals surface area contributed by atoms with Gasteiger partial charge in [-0.2, -0.15) is 18.2 Å². The van der Waals surface area contributed by atoms with Crippen LogP contribution in [0.15, 0.2) is 42.8 Å². The Labute approximate surface area is 165 Å². The number of amides is 1. The number of nitrogens with zero attached hydrogens (tertiary/aromatic N) is 5. The first-order chi connectivity index (χ1) is 13.9. The molecule has 6 nitrogen and oxygen atoms in total. The third kappa shape index (κ3) is 3.22. The molecule has 2 aromatic heterocycles. The van der Waals surface area contributed by atoms with Gasteiger partial charge >= 0.3 is 6.18 Å². The van der Waals surface area contributed by atoms with Gasteiger partial charge in [-0.05, 0) is 42.6 Å². The summed E-state index contributed by atoms with van der Waals surface area (Å²) in [5.41, 5.74) is 0. The molecule has 1 saturated heterocycles. The molecule has 0 bridgehead atoms. The number of aromatic nitrogens is 4.